The molecule has 0 aliphatic carbocycles. The van der Waals surface area contributed by atoms with E-state index >= 15 is 0 Å². The van der Waals surface area contributed by atoms with E-state index in [0.29, 0.717) is 19.4 Å². The lowest BCUT2D eigenvalue weighted by Crippen LogP contribution is -2.42. The number of nitrogens with one attached hydrogen (secondary N) is 1. The molecule has 0 aliphatic heterocycles. The van der Waals surface area contributed by atoms with Crippen LogP contribution >= 0.6 is 0 Å². The van der Waals surface area contributed by atoms with Gasteiger partial charge in [0.05, 0.1) is 0 Å². The third-order valence-corrected chi connectivity index (χ3v) is 3.04. The van der Waals surface area contributed by atoms with E-state index < -0.39 is 11.9 Å². The van der Waals surface area contributed by atoms with E-state index in [9.17, 15) is 9.59 Å². The summed E-state index contributed by atoms with van der Waals surface area (Å²) >= 11 is 0. The van der Waals surface area contributed by atoms with Gasteiger partial charge >= 0.3 is 11.9 Å². The van der Waals surface area contributed by atoms with Gasteiger partial charge in [-0.3, -0.25) is 9.59 Å². The number of aliphatic hydroxyl groups excluding tert-OH is 1. The zero-order valence-corrected chi connectivity index (χ0v) is 14.9. The highest BCUT2D eigenvalue weighted by molar-refractivity contribution is 5.67. The molecule has 9 heteroatoms. The smallest absolute Gasteiger partial charge is 0.303 e. The summed E-state index contributed by atoms with van der Waals surface area (Å²) in [5.41, 5.74) is 5.37. The lowest BCUT2D eigenvalue weighted by molar-refractivity contribution is -0.139. The van der Waals surface area contributed by atoms with E-state index in [1.54, 1.807) is 0 Å². The summed E-state index contributed by atoms with van der Waals surface area (Å²) in [6.45, 7) is 4.57. The minimum atomic E-state index is -0.870. The minimum absolute atomic E-state index is 0.0628. The Bertz CT molecular complexity index is 300. The molecule has 0 amide bonds. The van der Waals surface area contributed by atoms with Gasteiger partial charge in [0.25, 0.3) is 0 Å². The fourth-order valence-electron chi connectivity index (χ4n) is 1.75. The number of hydrazine groups is 1. The summed E-state index contributed by atoms with van der Waals surface area (Å²) in [6, 6.07) is 0. The maximum Gasteiger partial charge on any atom is 0.303 e. The lowest BCUT2D eigenvalue weighted by Gasteiger charge is -2.28. The predicted octanol–water partition coefficient (Wildman–Crippen LogP) is -0.588. The number of nitrogens with two attached hydrogens (primary N) is 1. The maximum absolute atomic E-state index is 9.90. The number of aliphatic carboxylic acids is 2. The molecule has 0 spiro atoms. The van der Waals surface area contributed by atoms with Gasteiger partial charge in [-0.2, -0.15) is 0 Å². The molecule has 0 unspecified atom stereocenters. The molecule has 0 saturated carbocycles. The van der Waals surface area contributed by atoms with Crippen LogP contribution < -0.4 is 11.1 Å². The molecule has 6 N–H and O–H groups in total. The first-order chi connectivity index (χ1) is 11.3. The molecule has 0 aromatic heterocycles. The third-order valence-electron chi connectivity index (χ3n) is 3.04. The Balaban J connectivity index is 0. The van der Waals surface area contributed by atoms with Gasteiger partial charge in [-0.25, -0.2) is 10.0 Å². The van der Waals surface area contributed by atoms with Crippen LogP contribution in [0.25, 0.3) is 0 Å². The molecule has 0 rings (SSSR count). The number of nitrogens with zero attached hydrogens (tertiary/aromatic N) is 2. The van der Waals surface area contributed by atoms with Crippen molar-refractivity contribution in [3.8, 4) is 0 Å². The second kappa shape index (κ2) is 18.1. The van der Waals surface area contributed by atoms with Crippen LogP contribution in [-0.4, -0.2) is 90.7 Å². The lowest BCUT2D eigenvalue weighted by atomic mass is 10.2. The quantitative estimate of drug-likeness (QED) is 0.205. The van der Waals surface area contributed by atoms with E-state index in [0.717, 1.165) is 32.6 Å². The molecule has 144 valence electrons. The van der Waals surface area contributed by atoms with Gasteiger partial charge in [0, 0.05) is 66.3 Å². The van der Waals surface area contributed by atoms with Crippen molar-refractivity contribution in [2.24, 2.45) is 5.73 Å². The van der Waals surface area contributed by atoms with E-state index in [4.69, 9.17) is 21.1 Å². The number of carboxylic acids is 2. The number of unbranched alkanes of at least 4 members (excludes halogenated alkanes) is 1. The normalized spacial score (nSPS) is 10.6. The number of carboxylic acid groups (broad SMARTS) is 2. The zero-order valence-electron chi connectivity index (χ0n) is 14.9. The number of carbonyl (C=O) groups is 2. The fourth-order valence-corrected chi connectivity index (χ4v) is 1.75. The van der Waals surface area contributed by atoms with Crippen molar-refractivity contribution in [1.82, 2.24) is 15.3 Å². The van der Waals surface area contributed by atoms with Crippen LogP contribution in [0.4, 0.5) is 0 Å². The SMILES string of the molecule is CN(C)N(CCCO)CCNCCN.O=C(O)CCCCC(=O)O. The highest BCUT2D eigenvalue weighted by atomic mass is 16.4. The first-order valence-electron chi connectivity index (χ1n) is 8.22. The Morgan fingerprint density at radius 3 is 1.88 bits per heavy atom. The van der Waals surface area contributed by atoms with Crippen LogP contribution in [0.5, 0.6) is 0 Å². The molecule has 0 atom stereocenters. The highest BCUT2D eigenvalue weighted by Gasteiger charge is 2.05. The van der Waals surface area contributed by atoms with Crippen molar-refractivity contribution in [3.05, 3.63) is 0 Å². The summed E-state index contributed by atoms with van der Waals surface area (Å²) in [6.07, 6.45) is 1.83. The van der Waals surface area contributed by atoms with Gasteiger partial charge in [-0.15, -0.1) is 0 Å². The highest BCUT2D eigenvalue weighted by Crippen LogP contribution is 1.98. The zero-order chi connectivity index (χ0) is 18.8. The topological polar surface area (TPSA) is 139 Å². The standard InChI is InChI=1S/C9H24N4O.C6H10O4/c1-12(2)13(7-3-9-14)8-6-11-5-4-10;7-5(8)3-1-2-4-6(9)10/h11,14H,3-10H2,1-2H3;1-4H2,(H,7,8)(H,9,10). The first kappa shape index (κ1) is 25.0. The molecule has 24 heavy (non-hydrogen) atoms. The Kier molecular flexibility index (Phi) is 18.8. The van der Waals surface area contributed by atoms with E-state index in [2.05, 4.69) is 15.3 Å². The molecule has 0 aliphatic rings. The molecule has 0 fully saturated rings. The van der Waals surface area contributed by atoms with Crippen LogP contribution in [0.15, 0.2) is 0 Å². The van der Waals surface area contributed by atoms with Crippen LogP contribution in [-0.2, 0) is 9.59 Å². The molecule has 0 radical (unpaired) electrons. The van der Waals surface area contributed by atoms with Gasteiger partial charge in [0.1, 0.15) is 0 Å². The predicted molar refractivity (Wildman–Crippen MR) is 92.6 cm³/mol. The molecule has 9 nitrogen and oxygen atoms in total. The summed E-state index contributed by atoms with van der Waals surface area (Å²) in [4.78, 5) is 19.8. The molecule has 0 aromatic carbocycles. The molecule has 0 heterocycles. The average molecular weight is 350 g/mol. The van der Waals surface area contributed by atoms with Gasteiger partial charge in [-0.1, -0.05) is 0 Å². The van der Waals surface area contributed by atoms with Crippen LogP contribution in [0, 0.1) is 0 Å². The largest absolute Gasteiger partial charge is 0.481 e. The monoisotopic (exact) mass is 350 g/mol. The summed E-state index contributed by atoms with van der Waals surface area (Å²) < 4.78 is 0. The van der Waals surface area contributed by atoms with E-state index in [-0.39, 0.29) is 19.4 Å². The van der Waals surface area contributed by atoms with Crippen molar-refractivity contribution in [3.63, 3.8) is 0 Å². The number of hydrogen-bond acceptors (Lipinski definition) is 7. The fraction of sp³-hybridized carbons (Fsp3) is 0.867. The van der Waals surface area contributed by atoms with Gasteiger partial charge in [0.15, 0.2) is 0 Å². The third kappa shape index (κ3) is 20.7. The Labute approximate surface area is 144 Å². The summed E-state index contributed by atoms with van der Waals surface area (Å²) in [5.74, 6) is -1.74. The second-order valence-electron chi connectivity index (χ2n) is 5.41. The van der Waals surface area contributed by atoms with Crippen LogP contribution in [0.3, 0.4) is 0 Å². The number of aliphatic hydroxyl groups is 1. The Morgan fingerprint density at radius 2 is 1.50 bits per heavy atom. The number of hydrogen-bond donors (Lipinski definition) is 5. The van der Waals surface area contributed by atoms with Crippen molar-refractivity contribution in [2.75, 3.05) is 53.4 Å². The van der Waals surface area contributed by atoms with Crippen molar-refractivity contribution >= 4 is 11.9 Å². The van der Waals surface area contributed by atoms with E-state index in [1.165, 1.54) is 0 Å². The van der Waals surface area contributed by atoms with Crippen molar-refractivity contribution < 1.29 is 24.9 Å². The Morgan fingerprint density at radius 1 is 0.958 bits per heavy atom. The molecular weight excluding hydrogens is 316 g/mol. The Hall–Kier alpha value is -1.26. The summed E-state index contributed by atoms with van der Waals surface area (Å²) in [7, 11) is 4.03. The van der Waals surface area contributed by atoms with Crippen LogP contribution in [0.1, 0.15) is 32.1 Å². The first-order valence-corrected chi connectivity index (χ1v) is 8.22. The minimum Gasteiger partial charge on any atom is -0.481 e. The van der Waals surface area contributed by atoms with E-state index in [1.807, 2.05) is 14.1 Å². The van der Waals surface area contributed by atoms with Crippen molar-refractivity contribution in [1.29, 1.82) is 0 Å². The maximum atomic E-state index is 9.90. The molecule has 0 bridgehead atoms. The van der Waals surface area contributed by atoms with Crippen molar-refractivity contribution in [2.45, 2.75) is 32.1 Å². The van der Waals surface area contributed by atoms with Gasteiger partial charge < -0.3 is 26.4 Å². The number of rotatable bonds is 14. The average Bonchev–Trinajstić information content (AvgIpc) is 2.51. The molecular formula is C15H34N4O5. The second-order valence-corrected chi connectivity index (χ2v) is 5.41. The molecule has 0 saturated heterocycles. The molecule has 0 aromatic rings. The van der Waals surface area contributed by atoms with Crippen LogP contribution in [0.2, 0.25) is 0 Å². The van der Waals surface area contributed by atoms with Gasteiger partial charge in [0.2, 0.25) is 0 Å². The summed E-state index contributed by atoms with van der Waals surface area (Å²) in [5, 5.41) is 32.5. The van der Waals surface area contributed by atoms with Gasteiger partial charge in [-0.05, 0) is 19.3 Å².